The van der Waals surface area contributed by atoms with Crippen molar-refractivity contribution in [3.05, 3.63) is 42.1 Å². The lowest BCUT2D eigenvalue weighted by Crippen LogP contribution is -2.42. The van der Waals surface area contributed by atoms with Crippen LogP contribution in [0, 0.1) is 0 Å². The van der Waals surface area contributed by atoms with Gasteiger partial charge in [-0.3, -0.25) is 5.32 Å². The van der Waals surface area contributed by atoms with Crippen molar-refractivity contribution >= 4 is 11.8 Å². The Morgan fingerprint density at radius 2 is 2.12 bits per heavy atom. The van der Waals surface area contributed by atoms with Crippen LogP contribution in [0.15, 0.2) is 30.7 Å². The summed E-state index contributed by atoms with van der Waals surface area (Å²) in [5.74, 6) is 2.29. The maximum atomic E-state index is 12.9. The van der Waals surface area contributed by atoms with Gasteiger partial charge in [-0.1, -0.05) is 0 Å². The van der Waals surface area contributed by atoms with E-state index in [1.165, 1.54) is 18.4 Å². The first-order chi connectivity index (χ1) is 12.3. The van der Waals surface area contributed by atoms with Gasteiger partial charge in [0.25, 0.3) is 0 Å². The molecule has 0 aromatic carbocycles. The Morgan fingerprint density at radius 3 is 2.92 bits per heavy atom. The van der Waals surface area contributed by atoms with Crippen molar-refractivity contribution in [1.29, 1.82) is 0 Å². The fourth-order valence-corrected chi connectivity index (χ4v) is 3.70. The van der Waals surface area contributed by atoms with E-state index in [9.17, 15) is 4.79 Å². The minimum atomic E-state index is -0.0733. The molecule has 2 amide bonds. The van der Waals surface area contributed by atoms with Gasteiger partial charge < -0.3 is 9.47 Å². The maximum Gasteiger partial charge on any atom is 0.323 e. The maximum absolute atomic E-state index is 12.9. The molecule has 6 heteroatoms. The predicted octanol–water partition coefficient (Wildman–Crippen LogP) is 3.93. The summed E-state index contributed by atoms with van der Waals surface area (Å²) >= 11 is 0. The molecule has 2 fully saturated rings. The van der Waals surface area contributed by atoms with Gasteiger partial charge in [-0.05, 0) is 62.6 Å². The second kappa shape index (κ2) is 6.86. The van der Waals surface area contributed by atoms with E-state index in [-0.39, 0.29) is 12.1 Å². The number of amides is 2. The van der Waals surface area contributed by atoms with Crippen LogP contribution in [0.5, 0.6) is 0 Å². The van der Waals surface area contributed by atoms with Crippen molar-refractivity contribution in [3.8, 4) is 0 Å². The molecule has 3 heterocycles. The van der Waals surface area contributed by atoms with E-state index < -0.39 is 0 Å². The number of aromatic nitrogens is 3. The Labute approximate surface area is 148 Å². The second-order valence-electron chi connectivity index (χ2n) is 6.96. The molecule has 0 radical (unpaired) electrons. The molecule has 1 atom stereocenters. The molecule has 1 N–H and O–H groups in total. The van der Waals surface area contributed by atoms with Crippen molar-refractivity contribution in [2.45, 2.75) is 57.5 Å². The zero-order valence-corrected chi connectivity index (χ0v) is 14.7. The number of carbonyl (C=O) groups is 1. The second-order valence-corrected chi connectivity index (χ2v) is 6.96. The van der Waals surface area contributed by atoms with Gasteiger partial charge >= 0.3 is 6.03 Å². The van der Waals surface area contributed by atoms with Crippen LogP contribution < -0.4 is 5.32 Å². The molecule has 132 valence electrons. The molecule has 1 aliphatic heterocycles. The quantitative estimate of drug-likeness (QED) is 0.918. The van der Waals surface area contributed by atoms with Crippen LogP contribution in [0.1, 0.15) is 62.4 Å². The fourth-order valence-electron chi connectivity index (χ4n) is 3.70. The third-order valence-electron chi connectivity index (χ3n) is 5.22. The third-order valence-corrected chi connectivity index (χ3v) is 5.22. The molecule has 4 rings (SSSR count). The standard InChI is InChI=1S/C19H25N5O/c1-2-23-12-10-21-18(23)16-5-3-4-11-24(16)19(25)22-17-13-15(8-9-20-17)14-6-7-14/h8-10,12-14,16H,2-7,11H2,1H3,(H,20,22,25). The van der Waals surface area contributed by atoms with Crippen LogP contribution in [-0.2, 0) is 6.54 Å². The van der Waals surface area contributed by atoms with E-state index >= 15 is 0 Å². The average molecular weight is 339 g/mol. The van der Waals surface area contributed by atoms with Crippen LogP contribution in [0.25, 0.3) is 0 Å². The number of imidazole rings is 1. The van der Waals surface area contributed by atoms with Gasteiger partial charge in [0.1, 0.15) is 11.6 Å². The van der Waals surface area contributed by atoms with Gasteiger partial charge in [-0.2, -0.15) is 0 Å². The highest BCUT2D eigenvalue weighted by Gasteiger charge is 2.31. The fraction of sp³-hybridized carbons (Fsp3) is 0.526. The lowest BCUT2D eigenvalue weighted by atomic mass is 10.0. The molecular weight excluding hydrogens is 314 g/mol. The van der Waals surface area contributed by atoms with Gasteiger partial charge in [0, 0.05) is 31.7 Å². The number of urea groups is 1. The summed E-state index contributed by atoms with van der Waals surface area (Å²) in [6.45, 7) is 3.73. The number of likely N-dealkylation sites (tertiary alicyclic amines) is 1. The number of carbonyl (C=O) groups excluding carboxylic acids is 1. The number of hydrogen-bond acceptors (Lipinski definition) is 3. The van der Waals surface area contributed by atoms with Gasteiger partial charge in [-0.25, -0.2) is 14.8 Å². The molecule has 2 aromatic heterocycles. The lowest BCUT2D eigenvalue weighted by molar-refractivity contribution is 0.157. The van der Waals surface area contributed by atoms with E-state index in [2.05, 4.69) is 32.8 Å². The summed E-state index contributed by atoms with van der Waals surface area (Å²) in [6.07, 6.45) is 11.2. The molecule has 25 heavy (non-hydrogen) atoms. The number of aryl methyl sites for hydroxylation is 1. The Morgan fingerprint density at radius 1 is 1.24 bits per heavy atom. The monoisotopic (exact) mass is 339 g/mol. The smallest absolute Gasteiger partial charge is 0.323 e. The van der Waals surface area contributed by atoms with E-state index in [4.69, 9.17) is 0 Å². The number of rotatable bonds is 4. The Hall–Kier alpha value is -2.37. The van der Waals surface area contributed by atoms with Crippen LogP contribution in [-0.4, -0.2) is 32.0 Å². The predicted molar refractivity (Wildman–Crippen MR) is 96.4 cm³/mol. The van der Waals surface area contributed by atoms with Crippen molar-refractivity contribution in [1.82, 2.24) is 19.4 Å². The summed E-state index contributed by atoms with van der Waals surface area (Å²) in [5.41, 5.74) is 1.28. The van der Waals surface area contributed by atoms with Gasteiger partial charge in [-0.15, -0.1) is 0 Å². The minimum Gasteiger partial charge on any atom is -0.333 e. The summed E-state index contributed by atoms with van der Waals surface area (Å²) in [5, 5.41) is 3.00. The lowest BCUT2D eigenvalue weighted by Gasteiger charge is -2.35. The molecule has 2 aliphatic rings. The average Bonchev–Trinajstić information content (AvgIpc) is 3.39. The first-order valence-corrected chi connectivity index (χ1v) is 9.31. The molecule has 0 spiro atoms. The number of nitrogens with one attached hydrogen (secondary N) is 1. The highest BCUT2D eigenvalue weighted by atomic mass is 16.2. The number of anilines is 1. The van der Waals surface area contributed by atoms with Crippen LogP contribution in [0.3, 0.4) is 0 Å². The van der Waals surface area contributed by atoms with Crippen LogP contribution in [0.4, 0.5) is 10.6 Å². The summed E-state index contributed by atoms with van der Waals surface area (Å²) in [6, 6.07) is 4.03. The Bertz CT molecular complexity index is 752. The van der Waals surface area contributed by atoms with Crippen molar-refractivity contribution in [2.75, 3.05) is 11.9 Å². The van der Waals surface area contributed by atoms with E-state index in [0.29, 0.717) is 11.7 Å². The zero-order valence-electron chi connectivity index (χ0n) is 14.7. The molecule has 1 aliphatic carbocycles. The highest BCUT2D eigenvalue weighted by Crippen LogP contribution is 2.40. The SMILES string of the molecule is CCn1ccnc1C1CCCCN1C(=O)Nc1cc(C2CC2)ccn1. The van der Waals surface area contributed by atoms with Crippen molar-refractivity contribution in [3.63, 3.8) is 0 Å². The molecular formula is C19H25N5O. The topological polar surface area (TPSA) is 63.1 Å². The first kappa shape index (κ1) is 16.1. The molecule has 1 saturated heterocycles. The number of piperidine rings is 1. The number of hydrogen-bond donors (Lipinski definition) is 1. The number of nitrogens with zero attached hydrogens (tertiary/aromatic N) is 4. The summed E-state index contributed by atoms with van der Waals surface area (Å²) < 4.78 is 2.13. The first-order valence-electron chi connectivity index (χ1n) is 9.31. The Kier molecular flexibility index (Phi) is 4.42. The van der Waals surface area contributed by atoms with E-state index in [0.717, 1.165) is 38.2 Å². The molecule has 6 nitrogen and oxygen atoms in total. The Balaban J connectivity index is 1.52. The molecule has 1 unspecified atom stereocenters. The van der Waals surface area contributed by atoms with Gasteiger partial charge in [0.15, 0.2) is 0 Å². The third kappa shape index (κ3) is 3.38. The highest BCUT2D eigenvalue weighted by molar-refractivity contribution is 5.88. The van der Waals surface area contributed by atoms with Crippen molar-refractivity contribution in [2.24, 2.45) is 0 Å². The van der Waals surface area contributed by atoms with Crippen LogP contribution in [0.2, 0.25) is 0 Å². The van der Waals surface area contributed by atoms with E-state index in [1.807, 2.05) is 23.4 Å². The zero-order chi connectivity index (χ0) is 17.2. The minimum absolute atomic E-state index is 0.0373. The molecule has 0 bridgehead atoms. The molecule has 1 saturated carbocycles. The van der Waals surface area contributed by atoms with Crippen LogP contribution >= 0.6 is 0 Å². The van der Waals surface area contributed by atoms with Gasteiger partial charge in [0.05, 0.1) is 6.04 Å². The molecule has 2 aromatic rings. The number of pyridine rings is 1. The normalized spacial score (nSPS) is 20.5. The summed E-state index contributed by atoms with van der Waals surface area (Å²) in [4.78, 5) is 23.7. The van der Waals surface area contributed by atoms with Gasteiger partial charge in [0.2, 0.25) is 0 Å². The largest absolute Gasteiger partial charge is 0.333 e. The van der Waals surface area contributed by atoms with Crippen molar-refractivity contribution < 1.29 is 4.79 Å². The van der Waals surface area contributed by atoms with E-state index in [1.54, 1.807) is 6.20 Å². The summed E-state index contributed by atoms with van der Waals surface area (Å²) in [7, 11) is 0.